The highest BCUT2D eigenvalue weighted by Crippen LogP contribution is 2.64. The van der Waals surface area contributed by atoms with Crippen molar-refractivity contribution in [3.8, 4) is 0 Å². The van der Waals surface area contributed by atoms with Gasteiger partial charge in [0.25, 0.3) is 0 Å². The van der Waals surface area contributed by atoms with Gasteiger partial charge in [0, 0.05) is 0 Å². The van der Waals surface area contributed by atoms with E-state index in [4.69, 9.17) is 9.47 Å². The molecule has 21 heavy (non-hydrogen) atoms. The van der Waals surface area contributed by atoms with Gasteiger partial charge in [0.05, 0.1) is 23.0 Å². The summed E-state index contributed by atoms with van der Waals surface area (Å²) in [6, 6.07) is 0. The zero-order valence-corrected chi connectivity index (χ0v) is 13.8. The van der Waals surface area contributed by atoms with Crippen molar-refractivity contribution in [1.82, 2.24) is 0 Å². The van der Waals surface area contributed by atoms with Crippen molar-refractivity contribution in [3.63, 3.8) is 0 Å². The molecule has 2 rings (SSSR count). The van der Waals surface area contributed by atoms with Crippen LogP contribution in [0.1, 0.15) is 48.0 Å². The average Bonchev–Trinajstić information content (AvgIpc) is 2.91. The molecular weight excluding hydrogens is 268 g/mol. The van der Waals surface area contributed by atoms with E-state index in [1.54, 1.807) is 0 Å². The summed E-state index contributed by atoms with van der Waals surface area (Å²) in [6.45, 7) is 11.0. The number of allylic oxidation sites excluding steroid dienone is 2. The van der Waals surface area contributed by atoms with Crippen LogP contribution < -0.4 is 0 Å². The third-order valence-electron chi connectivity index (χ3n) is 5.18. The molecule has 2 aliphatic rings. The van der Waals surface area contributed by atoms with E-state index in [1.165, 1.54) is 0 Å². The van der Waals surface area contributed by atoms with Gasteiger partial charge in [-0.15, -0.1) is 0 Å². The predicted molar refractivity (Wildman–Crippen MR) is 79.4 cm³/mol. The number of hydrogen-bond donors (Lipinski definition) is 0. The zero-order valence-electron chi connectivity index (χ0n) is 13.8. The lowest BCUT2D eigenvalue weighted by atomic mass is 9.59. The molecule has 0 spiro atoms. The summed E-state index contributed by atoms with van der Waals surface area (Å²) in [5.74, 6) is -0.507. The van der Waals surface area contributed by atoms with Crippen LogP contribution in [0.25, 0.3) is 0 Å². The number of fused-ring (bicyclic) bond motifs is 2. The first-order chi connectivity index (χ1) is 9.63. The van der Waals surface area contributed by atoms with Gasteiger partial charge in [-0.3, -0.25) is 9.59 Å². The van der Waals surface area contributed by atoms with Gasteiger partial charge in [0.1, 0.15) is 0 Å². The SMILES string of the molecule is CC(C)OC(=O)C1(C)[C@@H]2C=C[C@H](C2)C1(C)C(=O)OC(C)C. The third-order valence-corrected chi connectivity index (χ3v) is 5.18. The molecule has 0 aromatic carbocycles. The van der Waals surface area contributed by atoms with E-state index in [9.17, 15) is 9.59 Å². The lowest BCUT2D eigenvalue weighted by molar-refractivity contribution is -0.184. The van der Waals surface area contributed by atoms with Gasteiger partial charge in [-0.05, 0) is 59.8 Å². The molecule has 0 saturated heterocycles. The molecule has 4 nitrogen and oxygen atoms in total. The van der Waals surface area contributed by atoms with E-state index >= 15 is 0 Å². The predicted octanol–water partition coefficient (Wildman–Crippen LogP) is 3.11. The standard InChI is InChI=1S/C17H26O4/c1-10(2)20-14(18)16(5)12-7-8-13(9-12)17(16,6)15(19)21-11(3)4/h7-8,10-13H,9H2,1-6H3/t12-,13-,16?,17?/m1/s1. The monoisotopic (exact) mass is 294 g/mol. The Morgan fingerprint density at radius 3 is 1.52 bits per heavy atom. The van der Waals surface area contributed by atoms with Crippen LogP contribution >= 0.6 is 0 Å². The van der Waals surface area contributed by atoms with E-state index < -0.39 is 10.8 Å². The zero-order chi connectivity index (χ0) is 16.0. The molecule has 1 fully saturated rings. The van der Waals surface area contributed by atoms with Crippen LogP contribution in [0.4, 0.5) is 0 Å². The minimum Gasteiger partial charge on any atom is -0.463 e. The molecular formula is C17H26O4. The molecule has 4 heteroatoms. The number of esters is 2. The molecule has 118 valence electrons. The maximum Gasteiger partial charge on any atom is 0.313 e. The van der Waals surface area contributed by atoms with Gasteiger partial charge in [0.2, 0.25) is 0 Å². The Labute approximate surface area is 126 Å². The second-order valence-corrected chi connectivity index (χ2v) is 7.15. The lowest BCUT2D eigenvalue weighted by Gasteiger charge is -2.43. The Hall–Kier alpha value is -1.32. The van der Waals surface area contributed by atoms with Crippen LogP contribution in [0.15, 0.2) is 12.2 Å². The fraction of sp³-hybridized carbons (Fsp3) is 0.765. The number of carbonyl (C=O) groups excluding carboxylic acids is 2. The van der Waals surface area contributed by atoms with Crippen LogP contribution in [-0.2, 0) is 19.1 Å². The topological polar surface area (TPSA) is 52.6 Å². The minimum absolute atomic E-state index is 0.0402. The van der Waals surface area contributed by atoms with Gasteiger partial charge >= 0.3 is 11.9 Å². The molecule has 0 amide bonds. The fourth-order valence-corrected chi connectivity index (χ4v) is 3.73. The van der Waals surface area contributed by atoms with Gasteiger partial charge < -0.3 is 9.47 Å². The van der Waals surface area contributed by atoms with Crippen molar-refractivity contribution < 1.29 is 19.1 Å². The van der Waals surface area contributed by atoms with E-state index in [2.05, 4.69) is 12.2 Å². The smallest absolute Gasteiger partial charge is 0.313 e. The Bertz CT molecular complexity index is 437. The highest BCUT2D eigenvalue weighted by Gasteiger charge is 2.69. The molecule has 2 bridgehead atoms. The Morgan fingerprint density at radius 1 is 0.905 bits per heavy atom. The second-order valence-electron chi connectivity index (χ2n) is 7.15. The summed E-state index contributed by atoms with van der Waals surface area (Å²) < 4.78 is 10.9. The van der Waals surface area contributed by atoms with Crippen molar-refractivity contribution in [3.05, 3.63) is 12.2 Å². The average molecular weight is 294 g/mol. The van der Waals surface area contributed by atoms with Crippen LogP contribution in [-0.4, -0.2) is 24.1 Å². The van der Waals surface area contributed by atoms with Gasteiger partial charge in [-0.1, -0.05) is 12.2 Å². The van der Waals surface area contributed by atoms with Crippen LogP contribution in [0.2, 0.25) is 0 Å². The maximum absolute atomic E-state index is 12.7. The van der Waals surface area contributed by atoms with Crippen molar-refractivity contribution >= 4 is 11.9 Å². The molecule has 2 aliphatic carbocycles. The normalized spacial score (nSPS) is 37.3. The quantitative estimate of drug-likeness (QED) is 0.590. The minimum atomic E-state index is -0.858. The molecule has 0 N–H and O–H groups in total. The van der Waals surface area contributed by atoms with Crippen molar-refractivity contribution in [2.45, 2.75) is 60.2 Å². The summed E-state index contributed by atoms with van der Waals surface area (Å²) in [6.07, 6.45) is 4.53. The van der Waals surface area contributed by atoms with E-state index in [-0.39, 0.29) is 36.0 Å². The second kappa shape index (κ2) is 5.15. The molecule has 4 atom stereocenters. The highest BCUT2D eigenvalue weighted by molar-refractivity contribution is 5.90. The first-order valence-electron chi connectivity index (χ1n) is 7.74. The summed E-state index contributed by atoms with van der Waals surface area (Å²) in [4.78, 5) is 25.4. The van der Waals surface area contributed by atoms with Gasteiger partial charge in [0.15, 0.2) is 0 Å². The summed E-state index contributed by atoms with van der Waals surface area (Å²) in [7, 11) is 0. The number of carbonyl (C=O) groups is 2. The molecule has 0 aromatic rings. The molecule has 1 saturated carbocycles. The summed E-state index contributed by atoms with van der Waals surface area (Å²) >= 11 is 0. The summed E-state index contributed by atoms with van der Waals surface area (Å²) in [5, 5.41) is 0. The lowest BCUT2D eigenvalue weighted by Crippen LogP contribution is -2.53. The molecule has 2 unspecified atom stereocenters. The van der Waals surface area contributed by atoms with E-state index in [0.717, 1.165) is 6.42 Å². The highest BCUT2D eigenvalue weighted by atomic mass is 16.6. The molecule has 0 aromatic heterocycles. The summed E-state index contributed by atoms with van der Waals surface area (Å²) in [5.41, 5.74) is -1.72. The number of hydrogen-bond acceptors (Lipinski definition) is 4. The molecule has 0 radical (unpaired) electrons. The van der Waals surface area contributed by atoms with Crippen LogP contribution in [0.5, 0.6) is 0 Å². The third kappa shape index (κ3) is 2.19. The van der Waals surface area contributed by atoms with Gasteiger partial charge in [-0.25, -0.2) is 0 Å². The van der Waals surface area contributed by atoms with E-state index in [1.807, 2.05) is 41.5 Å². The number of rotatable bonds is 4. The first-order valence-corrected chi connectivity index (χ1v) is 7.74. The Balaban J connectivity index is 2.40. The Morgan fingerprint density at radius 2 is 1.24 bits per heavy atom. The molecule has 0 aliphatic heterocycles. The maximum atomic E-state index is 12.7. The van der Waals surface area contributed by atoms with Crippen molar-refractivity contribution in [2.75, 3.05) is 0 Å². The van der Waals surface area contributed by atoms with Crippen LogP contribution in [0, 0.1) is 22.7 Å². The fourth-order valence-electron chi connectivity index (χ4n) is 3.73. The Kier molecular flexibility index (Phi) is 3.94. The van der Waals surface area contributed by atoms with Crippen LogP contribution in [0.3, 0.4) is 0 Å². The van der Waals surface area contributed by atoms with E-state index in [0.29, 0.717) is 0 Å². The number of ether oxygens (including phenoxy) is 2. The largest absolute Gasteiger partial charge is 0.463 e. The first kappa shape index (κ1) is 16.1. The van der Waals surface area contributed by atoms with Crippen molar-refractivity contribution in [2.24, 2.45) is 22.7 Å². The van der Waals surface area contributed by atoms with Gasteiger partial charge in [-0.2, -0.15) is 0 Å². The molecule has 0 heterocycles. The van der Waals surface area contributed by atoms with Crippen molar-refractivity contribution in [1.29, 1.82) is 0 Å².